The fraction of sp³-hybridized carbons (Fsp3) is 0. The molecule has 0 aliphatic rings. The third-order valence-corrected chi connectivity index (χ3v) is 1.99. The highest BCUT2D eigenvalue weighted by atomic mass is 79.9. The van der Waals surface area contributed by atoms with Gasteiger partial charge < -0.3 is 5.73 Å². The third kappa shape index (κ3) is 1.70. The summed E-state index contributed by atoms with van der Waals surface area (Å²) in [5.74, 6) is 0. The Labute approximate surface area is 83.5 Å². The molecule has 0 radical (unpaired) electrons. The lowest BCUT2D eigenvalue weighted by Crippen LogP contribution is -1.94. The van der Waals surface area contributed by atoms with Crippen molar-refractivity contribution in [2.24, 2.45) is 0 Å². The van der Waals surface area contributed by atoms with E-state index in [0.717, 1.165) is 10.2 Å². The first-order valence-electron chi connectivity index (χ1n) is 3.67. The topological polar surface area (TPSA) is 56.7 Å². The lowest BCUT2D eigenvalue weighted by atomic mass is 10.4. The van der Waals surface area contributed by atoms with E-state index in [2.05, 4.69) is 26.0 Å². The van der Waals surface area contributed by atoms with Crippen molar-refractivity contribution in [1.29, 1.82) is 0 Å². The number of nitrogens with two attached hydrogens (primary N) is 1. The molecule has 0 amide bonds. The van der Waals surface area contributed by atoms with Gasteiger partial charge in [-0.3, -0.25) is 4.98 Å². The van der Waals surface area contributed by atoms with Gasteiger partial charge in [-0.05, 0) is 22.0 Å². The minimum Gasteiger partial charge on any atom is -0.396 e. The summed E-state index contributed by atoms with van der Waals surface area (Å²) < 4.78 is 2.59. The van der Waals surface area contributed by atoms with Crippen LogP contribution in [0.1, 0.15) is 0 Å². The second kappa shape index (κ2) is 3.18. The van der Waals surface area contributed by atoms with Gasteiger partial charge in [-0.15, -0.1) is 0 Å². The van der Waals surface area contributed by atoms with Crippen LogP contribution in [-0.2, 0) is 0 Å². The molecular weight excluding hydrogens is 232 g/mol. The van der Waals surface area contributed by atoms with Crippen molar-refractivity contribution >= 4 is 21.6 Å². The van der Waals surface area contributed by atoms with E-state index in [1.165, 1.54) is 0 Å². The van der Waals surface area contributed by atoms with E-state index >= 15 is 0 Å². The van der Waals surface area contributed by atoms with Crippen molar-refractivity contribution in [3.63, 3.8) is 0 Å². The van der Waals surface area contributed by atoms with Crippen molar-refractivity contribution in [3.05, 3.63) is 35.3 Å². The maximum Gasteiger partial charge on any atom is 0.0840 e. The molecule has 0 aromatic carbocycles. The van der Waals surface area contributed by atoms with Gasteiger partial charge in [0.2, 0.25) is 0 Å². The summed E-state index contributed by atoms with van der Waals surface area (Å²) >= 11 is 3.33. The predicted octanol–water partition coefficient (Wildman–Crippen LogP) is 1.61. The van der Waals surface area contributed by atoms with Crippen LogP contribution < -0.4 is 5.73 Å². The van der Waals surface area contributed by atoms with Crippen LogP contribution in [0.5, 0.6) is 0 Å². The Morgan fingerprint density at radius 2 is 2.15 bits per heavy atom. The number of aromatic nitrogens is 3. The van der Waals surface area contributed by atoms with Crippen molar-refractivity contribution in [3.8, 4) is 5.69 Å². The first kappa shape index (κ1) is 8.25. The zero-order valence-electron chi connectivity index (χ0n) is 6.68. The van der Waals surface area contributed by atoms with Crippen molar-refractivity contribution in [1.82, 2.24) is 14.8 Å². The second-order valence-electron chi connectivity index (χ2n) is 2.58. The number of anilines is 1. The molecule has 0 bridgehead atoms. The van der Waals surface area contributed by atoms with E-state index in [-0.39, 0.29) is 0 Å². The first-order valence-corrected chi connectivity index (χ1v) is 4.46. The third-order valence-electron chi connectivity index (χ3n) is 1.56. The Balaban J connectivity index is 2.46. The SMILES string of the molecule is Nc1cnn(-c2cncc(Br)c2)c1. The fourth-order valence-electron chi connectivity index (χ4n) is 1.00. The normalized spacial score (nSPS) is 10.2. The zero-order valence-corrected chi connectivity index (χ0v) is 8.27. The number of nitrogen functional groups attached to an aromatic ring is 1. The van der Waals surface area contributed by atoms with Crippen molar-refractivity contribution in [2.45, 2.75) is 0 Å². The molecule has 13 heavy (non-hydrogen) atoms. The minimum atomic E-state index is 0.639. The minimum absolute atomic E-state index is 0.639. The van der Waals surface area contributed by atoms with Crippen LogP contribution in [0, 0.1) is 0 Å². The van der Waals surface area contributed by atoms with E-state index in [1.807, 2.05) is 6.07 Å². The molecular formula is C8H7BrN4. The molecule has 2 aromatic heterocycles. The first-order chi connectivity index (χ1) is 6.25. The monoisotopic (exact) mass is 238 g/mol. The number of nitrogens with zero attached hydrogens (tertiary/aromatic N) is 3. The molecule has 2 N–H and O–H groups in total. The molecule has 0 aliphatic heterocycles. The Hall–Kier alpha value is -1.36. The molecule has 0 unspecified atom stereocenters. The van der Waals surface area contributed by atoms with E-state index in [0.29, 0.717) is 5.69 Å². The molecule has 0 fully saturated rings. The Kier molecular flexibility index (Phi) is 2.02. The number of rotatable bonds is 1. The van der Waals surface area contributed by atoms with Gasteiger partial charge >= 0.3 is 0 Å². The summed E-state index contributed by atoms with van der Waals surface area (Å²) in [6.45, 7) is 0. The lowest BCUT2D eigenvalue weighted by Gasteiger charge is -1.99. The molecule has 0 aliphatic carbocycles. The van der Waals surface area contributed by atoms with Gasteiger partial charge in [-0.2, -0.15) is 5.10 Å². The number of hydrogen-bond acceptors (Lipinski definition) is 3. The summed E-state index contributed by atoms with van der Waals surface area (Å²) in [6, 6.07) is 1.92. The van der Waals surface area contributed by atoms with E-state index < -0.39 is 0 Å². The van der Waals surface area contributed by atoms with E-state index in [4.69, 9.17) is 5.73 Å². The largest absolute Gasteiger partial charge is 0.396 e. The molecule has 5 heteroatoms. The highest BCUT2D eigenvalue weighted by molar-refractivity contribution is 9.10. The van der Waals surface area contributed by atoms with Gasteiger partial charge in [0.25, 0.3) is 0 Å². The smallest absolute Gasteiger partial charge is 0.0840 e. The zero-order chi connectivity index (χ0) is 9.26. The molecule has 2 rings (SSSR count). The quantitative estimate of drug-likeness (QED) is 0.822. The van der Waals surface area contributed by atoms with Crippen molar-refractivity contribution < 1.29 is 0 Å². The average Bonchev–Trinajstić information content (AvgIpc) is 2.52. The second-order valence-corrected chi connectivity index (χ2v) is 3.50. The summed E-state index contributed by atoms with van der Waals surface area (Å²) in [5.41, 5.74) is 7.06. The summed E-state index contributed by atoms with van der Waals surface area (Å²) in [6.07, 6.45) is 6.78. The van der Waals surface area contributed by atoms with Gasteiger partial charge in [-0.25, -0.2) is 4.68 Å². The number of halogens is 1. The van der Waals surface area contributed by atoms with Gasteiger partial charge in [-0.1, -0.05) is 0 Å². The summed E-state index contributed by atoms with van der Waals surface area (Å²) in [5, 5.41) is 4.06. The predicted molar refractivity (Wildman–Crippen MR) is 53.5 cm³/mol. The van der Waals surface area contributed by atoms with Gasteiger partial charge in [0.1, 0.15) is 0 Å². The van der Waals surface area contributed by atoms with Crippen molar-refractivity contribution in [2.75, 3.05) is 5.73 Å². The van der Waals surface area contributed by atoms with Gasteiger partial charge in [0.15, 0.2) is 0 Å². The molecule has 0 saturated carbocycles. The van der Waals surface area contributed by atoms with Crippen LogP contribution >= 0.6 is 15.9 Å². The maximum absolute atomic E-state index is 5.54. The average molecular weight is 239 g/mol. The molecule has 0 spiro atoms. The Morgan fingerprint density at radius 3 is 2.77 bits per heavy atom. The maximum atomic E-state index is 5.54. The van der Waals surface area contributed by atoms with Crippen LogP contribution in [0.4, 0.5) is 5.69 Å². The number of pyridine rings is 1. The number of hydrogen-bond donors (Lipinski definition) is 1. The van der Waals surface area contributed by atoms with Crippen LogP contribution in [-0.4, -0.2) is 14.8 Å². The Morgan fingerprint density at radius 1 is 1.31 bits per heavy atom. The molecule has 66 valence electrons. The van der Waals surface area contributed by atoms with Crippen LogP contribution in [0.25, 0.3) is 5.69 Å². The molecule has 2 aromatic rings. The van der Waals surface area contributed by atoms with Gasteiger partial charge in [0, 0.05) is 10.7 Å². The van der Waals surface area contributed by atoms with Crippen LogP contribution in [0.3, 0.4) is 0 Å². The summed E-state index contributed by atoms with van der Waals surface area (Å²) in [4.78, 5) is 4.02. The highest BCUT2D eigenvalue weighted by Gasteiger charge is 1.98. The van der Waals surface area contributed by atoms with E-state index in [9.17, 15) is 0 Å². The fourth-order valence-corrected chi connectivity index (χ4v) is 1.36. The van der Waals surface area contributed by atoms with Crippen LogP contribution in [0.2, 0.25) is 0 Å². The highest BCUT2D eigenvalue weighted by Crippen LogP contribution is 2.13. The van der Waals surface area contributed by atoms with Crippen LogP contribution in [0.15, 0.2) is 35.3 Å². The molecule has 4 nitrogen and oxygen atoms in total. The van der Waals surface area contributed by atoms with Gasteiger partial charge in [0.05, 0.1) is 30.0 Å². The lowest BCUT2D eigenvalue weighted by molar-refractivity contribution is 0.873. The standard InChI is InChI=1S/C8H7BrN4/c9-6-1-8(4-11-2-6)13-5-7(10)3-12-13/h1-5H,10H2. The Bertz CT molecular complexity index is 424. The molecule has 2 heterocycles. The molecule has 0 saturated heterocycles. The molecule has 0 atom stereocenters. The van der Waals surface area contributed by atoms with E-state index in [1.54, 1.807) is 29.5 Å². The summed E-state index contributed by atoms with van der Waals surface area (Å²) in [7, 11) is 0.